The molecule has 0 aromatic carbocycles. The molecule has 0 fully saturated rings. The van der Waals surface area contributed by atoms with Gasteiger partial charge in [0.25, 0.3) is 5.91 Å². The van der Waals surface area contributed by atoms with Crippen LogP contribution in [-0.4, -0.2) is 22.6 Å². The van der Waals surface area contributed by atoms with Gasteiger partial charge in [-0.15, -0.1) is 21.5 Å². The third-order valence-corrected chi connectivity index (χ3v) is 4.05. The van der Waals surface area contributed by atoms with E-state index in [1.165, 1.54) is 10.4 Å². The van der Waals surface area contributed by atoms with Crippen LogP contribution in [0.1, 0.15) is 32.7 Å². The Labute approximate surface area is 122 Å². The van der Waals surface area contributed by atoms with Crippen LogP contribution in [0.3, 0.4) is 0 Å². The second kappa shape index (κ2) is 6.47. The highest BCUT2D eigenvalue weighted by atomic mass is 32.1. The summed E-state index contributed by atoms with van der Waals surface area (Å²) < 4.78 is 0. The molecule has 0 aliphatic heterocycles. The third kappa shape index (κ3) is 3.54. The third-order valence-electron chi connectivity index (χ3n) is 2.90. The predicted octanol–water partition coefficient (Wildman–Crippen LogP) is 2.52. The summed E-state index contributed by atoms with van der Waals surface area (Å²) in [6.45, 7) is 7.43. The molecule has 0 aliphatic carbocycles. The van der Waals surface area contributed by atoms with Crippen molar-refractivity contribution in [2.75, 3.05) is 11.9 Å². The zero-order valence-corrected chi connectivity index (χ0v) is 12.7. The predicted molar refractivity (Wildman–Crippen MR) is 81.2 cm³/mol. The number of thiophene rings is 1. The lowest BCUT2D eigenvalue weighted by Gasteiger charge is -2.04. The number of rotatable bonds is 5. The molecule has 2 N–H and O–H groups in total. The van der Waals surface area contributed by atoms with Gasteiger partial charge in [-0.25, -0.2) is 0 Å². The Morgan fingerprint density at radius 1 is 1.30 bits per heavy atom. The first-order chi connectivity index (χ1) is 9.60. The highest BCUT2D eigenvalue weighted by Crippen LogP contribution is 2.20. The Hall–Kier alpha value is -1.95. The Kier molecular flexibility index (Phi) is 4.68. The number of amides is 1. The summed E-state index contributed by atoms with van der Waals surface area (Å²) in [5.41, 5.74) is 1.59. The minimum Gasteiger partial charge on any atom is -0.369 e. The number of carbonyl (C=O) groups is 1. The number of nitrogens with zero attached hydrogens (tertiary/aromatic N) is 2. The molecular weight excluding hydrogens is 272 g/mol. The maximum Gasteiger partial charge on any atom is 0.272 e. The van der Waals surface area contributed by atoms with Crippen molar-refractivity contribution in [1.29, 1.82) is 0 Å². The lowest BCUT2D eigenvalue weighted by atomic mass is 10.3. The molecule has 6 heteroatoms. The van der Waals surface area contributed by atoms with Gasteiger partial charge in [0.15, 0.2) is 5.69 Å². The summed E-state index contributed by atoms with van der Waals surface area (Å²) >= 11 is 1.70. The summed E-state index contributed by atoms with van der Waals surface area (Å²) in [6, 6.07) is 5.52. The van der Waals surface area contributed by atoms with Crippen LogP contribution in [0.4, 0.5) is 5.82 Å². The van der Waals surface area contributed by atoms with Gasteiger partial charge in [-0.1, -0.05) is 0 Å². The van der Waals surface area contributed by atoms with Gasteiger partial charge in [-0.3, -0.25) is 4.79 Å². The number of carbonyl (C=O) groups excluding carboxylic acids is 1. The molecule has 5 nitrogen and oxygen atoms in total. The van der Waals surface area contributed by atoms with Crippen LogP contribution in [-0.2, 0) is 6.54 Å². The number of aryl methyl sites for hydroxylation is 2. The first-order valence-corrected chi connectivity index (χ1v) is 7.33. The number of anilines is 1. The van der Waals surface area contributed by atoms with Crippen molar-refractivity contribution in [1.82, 2.24) is 15.5 Å². The summed E-state index contributed by atoms with van der Waals surface area (Å²) in [6.07, 6.45) is 0. The van der Waals surface area contributed by atoms with Crippen LogP contribution in [0, 0.1) is 13.8 Å². The summed E-state index contributed by atoms with van der Waals surface area (Å²) in [5.74, 6) is 0.470. The van der Waals surface area contributed by atoms with Crippen molar-refractivity contribution in [2.24, 2.45) is 0 Å². The number of hydrogen-bond acceptors (Lipinski definition) is 5. The van der Waals surface area contributed by atoms with E-state index < -0.39 is 0 Å². The average Bonchev–Trinajstić information content (AvgIpc) is 2.76. The van der Waals surface area contributed by atoms with E-state index in [9.17, 15) is 4.79 Å². The summed E-state index contributed by atoms with van der Waals surface area (Å²) in [7, 11) is 0. The molecule has 1 amide bonds. The fourth-order valence-corrected chi connectivity index (χ4v) is 2.72. The van der Waals surface area contributed by atoms with Crippen molar-refractivity contribution in [3.05, 3.63) is 39.2 Å². The molecule has 20 heavy (non-hydrogen) atoms. The van der Waals surface area contributed by atoms with Crippen molar-refractivity contribution >= 4 is 23.1 Å². The topological polar surface area (TPSA) is 66.9 Å². The monoisotopic (exact) mass is 290 g/mol. The molecule has 0 unspecified atom stereocenters. The minimum absolute atomic E-state index is 0.204. The van der Waals surface area contributed by atoms with Crippen molar-refractivity contribution in [3.63, 3.8) is 0 Å². The molecule has 0 saturated heterocycles. The number of aromatic nitrogens is 2. The average molecular weight is 290 g/mol. The zero-order chi connectivity index (χ0) is 14.5. The second-order valence-corrected chi connectivity index (χ2v) is 5.81. The Bertz CT molecular complexity index is 572. The van der Waals surface area contributed by atoms with Gasteiger partial charge in [0.1, 0.15) is 5.82 Å². The van der Waals surface area contributed by atoms with Crippen molar-refractivity contribution in [3.8, 4) is 0 Å². The SMILES string of the molecule is CCNc1ccc(C(=O)NCc2cc(C)c(C)s2)nn1. The van der Waals surface area contributed by atoms with E-state index in [0.29, 0.717) is 18.1 Å². The molecule has 2 heterocycles. The van der Waals surface area contributed by atoms with E-state index in [0.717, 1.165) is 11.4 Å². The lowest BCUT2D eigenvalue weighted by molar-refractivity contribution is 0.0945. The van der Waals surface area contributed by atoms with E-state index in [4.69, 9.17) is 0 Å². The van der Waals surface area contributed by atoms with Crippen LogP contribution >= 0.6 is 11.3 Å². The van der Waals surface area contributed by atoms with Gasteiger partial charge in [0.05, 0.1) is 6.54 Å². The lowest BCUT2D eigenvalue weighted by Crippen LogP contribution is -2.23. The molecule has 2 aromatic heterocycles. The maximum atomic E-state index is 11.9. The van der Waals surface area contributed by atoms with Crippen LogP contribution in [0.2, 0.25) is 0 Å². The first kappa shape index (κ1) is 14.5. The first-order valence-electron chi connectivity index (χ1n) is 6.52. The molecule has 0 aliphatic rings. The van der Waals surface area contributed by atoms with Crippen LogP contribution in [0.5, 0.6) is 0 Å². The number of hydrogen-bond donors (Lipinski definition) is 2. The fraction of sp³-hybridized carbons (Fsp3) is 0.357. The van der Waals surface area contributed by atoms with Gasteiger partial charge >= 0.3 is 0 Å². The molecule has 0 radical (unpaired) electrons. The summed E-state index contributed by atoms with van der Waals surface area (Å²) in [4.78, 5) is 14.4. The Balaban J connectivity index is 1.94. The van der Waals surface area contributed by atoms with E-state index >= 15 is 0 Å². The molecule has 2 rings (SSSR count). The molecule has 2 aromatic rings. The molecule has 0 spiro atoms. The quantitative estimate of drug-likeness (QED) is 0.888. The van der Waals surface area contributed by atoms with Gasteiger partial charge in [0, 0.05) is 16.3 Å². The Morgan fingerprint density at radius 3 is 2.65 bits per heavy atom. The van der Waals surface area contributed by atoms with Gasteiger partial charge in [-0.05, 0) is 44.5 Å². The fourth-order valence-electron chi connectivity index (χ4n) is 1.72. The Morgan fingerprint density at radius 2 is 2.10 bits per heavy atom. The maximum absolute atomic E-state index is 11.9. The number of nitrogens with one attached hydrogen (secondary N) is 2. The van der Waals surface area contributed by atoms with Crippen molar-refractivity contribution in [2.45, 2.75) is 27.3 Å². The van der Waals surface area contributed by atoms with Crippen LogP contribution < -0.4 is 10.6 Å². The van der Waals surface area contributed by atoms with Crippen LogP contribution in [0.25, 0.3) is 0 Å². The van der Waals surface area contributed by atoms with Gasteiger partial charge < -0.3 is 10.6 Å². The van der Waals surface area contributed by atoms with E-state index in [-0.39, 0.29) is 5.91 Å². The van der Waals surface area contributed by atoms with Gasteiger partial charge in [0.2, 0.25) is 0 Å². The summed E-state index contributed by atoms with van der Waals surface area (Å²) in [5, 5.41) is 13.7. The second-order valence-electron chi connectivity index (χ2n) is 4.47. The largest absolute Gasteiger partial charge is 0.369 e. The molecule has 0 bridgehead atoms. The standard InChI is InChI=1S/C14H18N4OS/c1-4-15-13-6-5-12(17-18-13)14(19)16-8-11-7-9(2)10(3)20-11/h5-7H,4,8H2,1-3H3,(H,15,18)(H,16,19). The molecular formula is C14H18N4OS. The smallest absolute Gasteiger partial charge is 0.272 e. The van der Waals surface area contributed by atoms with E-state index in [1.54, 1.807) is 23.5 Å². The zero-order valence-electron chi connectivity index (χ0n) is 11.9. The van der Waals surface area contributed by atoms with Crippen molar-refractivity contribution < 1.29 is 4.79 Å². The van der Waals surface area contributed by atoms with Gasteiger partial charge in [-0.2, -0.15) is 0 Å². The molecule has 106 valence electrons. The highest BCUT2D eigenvalue weighted by molar-refractivity contribution is 7.12. The highest BCUT2D eigenvalue weighted by Gasteiger charge is 2.09. The molecule has 0 saturated carbocycles. The minimum atomic E-state index is -0.204. The molecule has 0 atom stereocenters. The normalized spacial score (nSPS) is 10.3. The van der Waals surface area contributed by atoms with E-state index in [2.05, 4.69) is 40.7 Å². The van der Waals surface area contributed by atoms with E-state index in [1.807, 2.05) is 6.92 Å². The van der Waals surface area contributed by atoms with Crippen LogP contribution in [0.15, 0.2) is 18.2 Å².